The Bertz CT molecular complexity index is 529. The average Bonchev–Trinajstić information content (AvgIpc) is 2.63. The lowest BCUT2D eigenvalue weighted by molar-refractivity contribution is -0.134. The number of carbonyl (C=O) groups excluding carboxylic acids is 1. The third kappa shape index (κ3) is 4.74. The van der Waals surface area contributed by atoms with Crippen LogP contribution in [0, 0.1) is 0 Å². The molecule has 0 aliphatic carbocycles. The number of piperidine rings is 1. The zero-order valence-electron chi connectivity index (χ0n) is 14.6. The van der Waals surface area contributed by atoms with E-state index in [1.807, 2.05) is 0 Å². The van der Waals surface area contributed by atoms with Crippen molar-refractivity contribution >= 4 is 17.7 Å². The summed E-state index contributed by atoms with van der Waals surface area (Å²) in [6, 6.07) is 8.76. The Morgan fingerprint density at radius 3 is 2.62 bits per heavy atom. The maximum absolute atomic E-state index is 12.9. The van der Waals surface area contributed by atoms with Gasteiger partial charge in [0.1, 0.15) is 0 Å². The molecule has 2 aliphatic rings. The molecule has 0 aromatic heterocycles. The molecule has 0 saturated carbocycles. The third-order valence-corrected chi connectivity index (χ3v) is 5.78. The minimum atomic E-state index is 0.282. The van der Waals surface area contributed by atoms with Crippen LogP contribution < -0.4 is 0 Å². The molecule has 5 heteroatoms. The fraction of sp³-hybridized carbons (Fsp3) is 0.632. The summed E-state index contributed by atoms with van der Waals surface area (Å²) in [6.07, 6.45) is 6.10. The molecule has 4 nitrogen and oxygen atoms in total. The van der Waals surface area contributed by atoms with E-state index in [1.54, 1.807) is 11.8 Å². The van der Waals surface area contributed by atoms with Gasteiger partial charge in [-0.3, -0.25) is 9.69 Å². The lowest BCUT2D eigenvalue weighted by Crippen LogP contribution is -2.51. The molecule has 132 valence electrons. The topological polar surface area (TPSA) is 32.8 Å². The Labute approximate surface area is 149 Å². The summed E-state index contributed by atoms with van der Waals surface area (Å²) >= 11 is 1.73. The number of thioether (sulfide) groups is 1. The molecule has 1 aromatic carbocycles. The van der Waals surface area contributed by atoms with Crippen molar-refractivity contribution in [1.82, 2.24) is 9.80 Å². The molecule has 0 N–H and O–H groups in total. The summed E-state index contributed by atoms with van der Waals surface area (Å²) in [5.74, 6) is 0.282. The Balaban J connectivity index is 1.59. The van der Waals surface area contributed by atoms with E-state index in [0.717, 1.165) is 57.8 Å². The van der Waals surface area contributed by atoms with Crippen molar-refractivity contribution in [2.24, 2.45) is 0 Å². The molecule has 2 saturated heterocycles. The largest absolute Gasteiger partial charge is 0.379 e. The highest BCUT2D eigenvalue weighted by Gasteiger charge is 2.28. The van der Waals surface area contributed by atoms with E-state index in [1.165, 1.54) is 11.3 Å². The van der Waals surface area contributed by atoms with Crippen molar-refractivity contribution in [3.8, 4) is 0 Å². The molecule has 0 radical (unpaired) electrons. The Kier molecular flexibility index (Phi) is 6.58. The highest BCUT2D eigenvalue weighted by Crippen LogP contribution is 2.21. The van der Waals surface area contributed by atoms with Crippen LogP contribution in [0.4, 0.5) is 0 Å². The zero-order chi connectivity index (χ0) is 16.8. The summed E-state index contributed by atoms with van der Waals surface area (Å²) in [5.41, 5.74) is 1.12. The highest BCUT2D eigenvalue weighted by atomic mass is 32.2. The number of amides is 1. The first-order valence-electron chi connectivity index (χ1n) is 8.99. The van der Waals surface area contributed by atoms with Gasteiger partial charge in [0.15, 0.2) is 0 Å². The highest BCUT2D eigenvalue weighted by molar-refractivity contribution is 7.98. The Hall–Kier alpha value is -1.04. The van der Waals surface area contributed by atoms with E-state index in [-0.39, 0.29) is 5.91 Å². The van der Waals surface area contributed by atoms with Gasteiger partial charge in [0.25, 0.3) is 0 Å². The molecular formula is C19H28N2O2S. The van der Waals surface area contributed by atoms with Crippen LogP contribution in [-0.2, 0) is 16.0 Å². The van der Waals surface area contributed by atoms with Crippen LogP contribution in [-0.4, -0.2) is 67.4 Å². The first-order chi connectivity index (χ1) is 11.8. The van der Waals surface area contributed by atoms with Gasteiger partial charge in [-0.15, -0.1) is 11.8 Å². The Morgan fingerprint density at radius 1 is 1.17 bits per heavy atom. The number of ether oxygens (including phenoxy) is 1. The van der Waals surface area contributed by atoms with Crippen molar-refractivity contribution in [3.63, 3.8) is 0 Å². The van der Waals surface area contributed by atoms with Crippen LogP contribution in [0.15, 0.2) is 29.2 Å². The number of likely N-dealkylation sites (tertiary alicyclic amines) is 1. The van der Waals surface area contributed by atoms with E-state index in [4.69, 9.17) is 4.74 Å². The average molecular weight is 349 g/mol. The minimum Gasteiger partial charge on any atom is -0.379 e. The van der Waals surface area contributed by atoms with E-state index in [0.29, 0.717) is 12.5 Å². The number of morpholine rings is 1. The monoisotopic (exact) mass is 348 g/mol. The van der Waals surface area contributed by atoms with Gasteiger partial charge in [0, 0.05) is 37.1 Å². The van der Waals surface area contributed by atoms with Crippen molar-refractivity contribution in [1.29, 1.82) is 0 Å². The van der Waals surface area contributed by atoms with Gasteiger partial charge in [-0.2, -0.15) is 0 Å². The summed E-state index contributed by atoms with van der Waals surface area (Å²) in [4.78, 5) is 18.7. The molecule has 2 aliphatic heterocycles. The van der Waals surface area contributed by atoms with E-state index in [2.05, 4.69) is 40.3 Å². The van der Waals surface area contributed by atoms with Gasteiger partial charge >= 0.3 is 0 Å². The van der Waals surface area contributed by atoms with Crippen LogP contribution in [0.2, 0.25) is 0 Å². The van der Waals surface area contributed by atoms with Gasteiger partial charge in [-0.05, 0) is 43.2 Å². The summed E-state index contributed by atoms with van der Waals surface area (Å²) in [5, 5.41) is 0. The molecule has 1 aromatic rings. The number of benzene rings is 1. The smallest absolute Gasteiger partial charge is 0.227 e. The van der Waals surface area contributed by atoms with Gasteiger partial charge in [-0.25, -0.2) is 0 Å². The first kappa shape index (κ1) is 17.8. The maximum atomic E-state index is 12.9. The number of rotatable bonds is 5. The van der Waals surface area contributed by atoms with Gasteiger partial charge in [-0.1, -0.05) is 12.1 Å². The van der Waals surface area contributed by atoms with Gasteiger partial charge in [0.05, 0.1) is 19.6 Å². The molecule has 1 unspecified atom stereocenters. The van der Waals surface area contributed by atoms with Crippen LogP contribution in [0.25, 0.3) is 0 Å². The second-order valence-electron chi connectivity index (χ2n) is 6.67. The second-order valence-corrected chi connectivity index (χ2v) is 7.55. The standard InChI is InChI=1S/C19H28N2O2S/c1-24-18-7-5-16(6-8-18)14-19(22)21-9-3-2-4-17(21)15-20-10-12-23-13-11-20/h5-8,17H,2-4,9-15H2,1H3. The molecule has 2 fully saturated rings. The third-order valence-electron chi connectivity index (χ3n) is 5.03. The molecule has 3 rings (SSSR count). The van der Waals surface area contributed by atoms with Crippen LogP contribution in [0.1, 0.15) is 24.8 Å². The summed E-state index contributed by atoms with van der Waals surface area (Å²) in [7, 11) is 0. The van der Waals surface area contributed by atoms with Gasteiger partial charge < -0.3 is 9.64 Å². The van der Waals surface area contributed by atoms with E-state index >= 15 is 0 Å². The second kappa shape index (κ2) is 8.88. The predicted molar refractivity (Wildman–Crippen MR) is 98.5 cm³/mol. The SMILES string of the molecule is CSc1ccc(CC(=O)N2CCCCC2CN2CCOCC2)cc1. The first-order valence-corrected chi connectivity index (χ1v) is 10.2. The molecule has 0 spiro atoms. The maximum Gasteiger partial charge on any atom is 0.227 e. The van der Waals surface area contributed by atoms with Crippen LogP contribution in [0.3, 0.4) is 0 Å². The number of hydrogen-bond acceptors (Lipinski definition) is 4. The number of carbonyl (C=O) groups is 1. The van der Waals surface area contributed by atoms with Crippen molar-refractivity contribution < 1.29 is 9.53 Å². The quantitative estimate of drug-likeness (QED) is 0.766. The minimum absolute atomic E-state index is 0.282. The molecule has 24 heavy (non-hydrogen) atoms. The molecule has 1 amide bonds. The fourth-order valence-electron chi connectivity index (χ4n) is 3.62. The molecule has 2 heterocycles. The van der Waals surface area contributed by atoms with Gasteiger partial charge in [0.2, 0.25) is 5.91 Å². The lowest BCUT2D eigenvalue weighted by atomic mass is 10.00. The Morgan fingerprint density at radius 2 is 1.92 bits per heavy atom. The normalized spacial score (nSPS) is 22.5. The van der Waals surface area contributed by atoms with Crippen molar-refractivity contribution in [2.75, 3.05) is 45.6 Å². The summed E-state index contributed by atoms with van der Waals surface area (Å²) < 4.78 is 5.44. The van der Waals surface area contributed by atoms with Crippen LogP contribution in [0.5, 0.6) is 0 Å². The van der Waals surface area contributed by atoms with E-state index < -0.39 is 0 Å². The van der Waals surface area contributed by atoms with E-state index in [9.17, 15) is 4.79 Å². The zero-order valence-corrected chi connectivity index (χ0v) is 15.4. The van der Waals surface area contributed by atoms with Crippen molar-refractivity contribution in [2.45, 2.75) is 36.6 Å². The molecular weight excluding hydrogens is 320 g/mol. The summed E-state index contributed by atoms with van der Waals surface area (Å²) in [6.45, 7) is 5.55. The molecule has 1 atom stereocenters. The lowest BCUT2D eigenvalue weighted by Gasteiger charge is -2.39. The molecule has 0 bridgehead atoms. The van der Waals surface area contributed by atoms with Crippen LogP contribution >= 0.6 is 11.8 Å². The number of nitrogens with zero attached hydrogens (tertiary/aromatic N) is 2. The number of hydrogen-bond donors (Lipinski definition) is 0. The fourth-order valence-corrected chi connectivity index (χ4v) is 4.03. The van der Waals surface area contributed by atoms with Crippen molar-refractivity contribution in [3.05, 3.63) is 29.8 Å². The predicted octanol–water partition coefficient (Wildman–Crippen LogP) is 2.66.